The minimum Gasteiger partial charge on any atom is -0.326 e. The van der Waals surface area contributed by atoms with E-state index < -0.39 is 0 Å². The van der Waals surface area contributed by atoms with Gasteiger partial charge in [0.1, 0.15) is 0 Å². The summed E-state index contributed by atoms with van der Waals surface area (Å²) in [5.41, 5.74) is 5.54. The van der Waals surface area contributed by atoms with E-state index in [2.05, 4.69) is 6.07 Å². The van der Waals surface area contributed by atoms with Crippen LogP contribution in [-0.4, -0.2) is 6.04 Å². The molecule has 2 N–H and O–H groups in total. The number of nitriles is 1. The zero-order valence-corrected chi connectivity index (χ0v) is 4.59. The van der Waals surface area contributed by atoms with Gasteiger partial charge in [0.15, 0.2) is 0 Å². The fourth-order valence-electron chi connectivity index (χ4n) is 1.70. The van der Waals surface area contributed by atoms with Gasteiger partial charge in [0.2, 0.25) is 0 Å². The molecule has 3 rings (SSSR count). The Balaban J connectivity index is 2.22. The van der Waals surface area contributed by atoms with Gasteiger partial charge in [0, 0.05) is 6.04 Å². The molecular weight excluding hydrogens is 100 g/mol. The Bertz CT molecular complexity index is 162. The quantitative estimate of drug-likeness (QED) is 0.483. The van der Waals surface area contributed by atoms with Crippen molar-refractivity contribution in [1.29, 1.82) is 5.26 Å². The van der Waals surface area contributed by atoms with Crippen LogP contribution in [0.3, 0.4) is 0 Å². The van der Waals surface area contributed by atoms with Crippen molar-refractivity contribution in [3.63, 3.8) is 0 Å². The van der Waals surface area contributed by atoms with Crippen LogP contribution in [0, 0.1) is 22.7 Å². The third-order valence-corrected chi connectivity index (χ3v) is 2.62. The average Bonchev–Trinajstić information content (AvgIpc) is 1.64. The molecule has 0 heterocycles. The predicted octanol–water partition coefficient (Wildman–Crippen LogP) is 0.247. The second kappa shape index (κ2) is 0.918. The third-order valence-electron chi connectivity index (χ3n) is 2.62. The molecule has 0 aromatic rings. The molecular formula is C6H8N2. The fourth-order valence-corrected chi connectivity index (χ4v) is 1.70. The Morgan fingerprint density at radius 1 is 1.62 bits per heavy atom. The minimum absolute atomic E-state index is 0.0509. The lowest BCUT2D eigenvalue weighted by Gasteiger charge is -2.62. The van der Waals surface area contributed by atoms with E-state index in [1.54, 1.807) is 0 Å². The molecule has 0 amide bonds. The lowest BCUT2D eigenvalue weighted by atomic mass is 9.42. The van der Waals surface area contributed by atoms with Gasteiger partial charge >= 0.3 is 0 Å². The predicted molar refractivity (Wildman–Crippen MR) is 28.7 cm³/mol. The molecule has 0 spiro atoms. The fraction of sp³-hybridized carbons (Fsp3) is 0.833. The van der Waals surface area contributed by atoms with Crippen molar-refractivity contribution in [2.24, 2.45) is 17.1 Å². The van der Waals surface area contributed by atoms with Gasteiger partial charge in [-0.15, -0.1) is 0 Å². The molecule has 3 aliphatic carbocycles. The summed E-state index contributed by atoms with van der Waals surface area (Å²) in [6, 6.07) is 2.50. The molecule has 8 heavy (non-hydrogen) atoms. The summed E-state index contributed by atoms with van der Waals surface area (Å²) < 4.78 is 0. The van der Waals surface area contributed by atoms with Crippen molar-refractivity contribution in [3.8, 4) is 6.07 Å². The molecule has 0 aromatic carbocycles. The summed E-state index contributed by atoms with van der Waals surface area (Å²) in [5.74, 6) is 0.703. The first-order chi connectivity index (χ1) is 3.78. The van der Waals surface area contributed by atoms with E-state index in [9.17, 15) is 0 Å². The maximum atomic E-state index is 8.52. The molecule has 1 atom stereocenters. The van der Waals surface area contributed by atoms with E-state index in [4.69, 9.17) is 11.0 Å². The highest BCUT2D eigenvalue weighted by atomic mass is 14.9. The number of nitrogens with zero attached hydrogens (tertiary/aromatic N) is 1. The van der Waals surface area contributed by atoms with Gasteiger partial charge < -0.3 is 5.73 Å². The van der Waals surface area contributed by atoms with Gasteiger partial charge in [0.25, 0.3) is 0 Å². The first kappa shape index (κ1) is 4.34. The van der Waals surface area contributed by atoms with Crippen LogP contribution >= 0.6 is 0 Å². The van der Waals surface area contributed by atoms with Gasteiger partial charge in [-0.05, 0) is 18.8 Å². The average molecular weight is 108 g/mol. The normalized spacial score (nSPS) is 58.0. The SMILES string of the molecule is N#CC12CC(C1)C2N. The van der Waals surface area contributed by atoms with Gasteiger partial charge in [-0.3, -0.25) is 0 Å². The van der Waals surface area contributed by atoms with Gasteiger partial charge in [-0.2, -0.15) is 5.26 Å². The van der Waals surface area contributed by atoms with Crippen molar-refractivity contribution < 1.29 is 0 Å². The molecule has 2 bridgehead atoms. The highest BCUT2D eigenvalue weighted by Crippen LogP contribution is 2.62. The van der Waals surface area contributed by atoms with Crippen molar-refractivity contribution in [3.05, 3.63) is 0 Å². The van der Waals surface area contributed by atoms with Crippen LogP contribution < -0.4 is 5.73 Å². The van der Waals surface area contributed by atoms with Crippen LogP contribution in [0.1, 0.15) is 12.8 Å². The summed E-state index contributed by atoms with van der Waals surface area (Å²) >= 11 is 0. The van der Waals surface area contributed by atoms with Crippen molar-refractivity contribution in [1.82, 2.24) is 0 Å². The standard InChI is InChI=1S/C6H8N2/c7-3-6-1-4(2-6)5(6)8/h4-5H,1-2,8H2. The number of rotatable bonds is 0. The zero-order chi connectivity index (χ0) is 5.78. The monoisotopic (exact) mass is 108 g/mol. The van der Waals surface area contributed by atoms with Crippen molar-refractivity contribution in [2.45, 2.75) is 18.9 Å². The molecule has 0 aliphatic heterocycles. The third kappa shape index (κ3) is 0.214. The highest BCUT2D eigenvalue weighted by Gasteiger charge is 2.64. The topological polar surface area (TPSA) is 49.8 Å². The maximum Gasteiger partial charge on any atom is 0.0733 e. The molecule has 3 fully saturated rings. The van der Waals surface area contributed by atoms with Crippen LogP contribution in [0.5, 0.6) is 0 Å². The van der Waals surface area contributed by atoms with E-state index in [1.165, 1.54) is 0 Å². The molecule has 1 unspecified atom stereocenters. The molecule has 0 aromatic heterocycles. The summed E-state index contributed by atoms with van der Waals surface area (Å²) in [4.78, 5) is 0. The molecule has 2 nitrogen and oxygen atoms in total. The molecule has 3 saturated carbocycles. The van der Waals surface area contributed by atoms with E-state index in [-0.39, 0.29) is 11.5 Å². The van der Waals surface area contributed by atoms with Crippen LogP contribution in [0.2, 0.25) is 0 Å². The van der Waals surface area contributed by atoms with Crippen LogP contribution in [0.25, 0.3) is 0 Å². The largest absolute Gasteiger partial charge is 0.326 e. The Kier molecular flexibility index (Phi) is 0.498. The first-order valence-corrected chi connectivity index (χ1v) is 2.95. The van der Waals surface area contributed by atoms with Gasteiger partial charge in [0.05, 0.1) is 11.5 Å². The smallest absolute Gasteiger partial charge is 0.0733 e. The molecule has 0 saturated heterocycles. The van der Waals surface area contributed by atoms with Crippen molar-refractivity contribution in [2.75, 3.05) is 0 Å². The zero-order valence-electron chi connectivity index (χ0n) is 4.59. The van der Waals surface area contributed by atoms with Gasteiger partial charge in [-0.1, -0.05) is 0 Å². The van der Waals surface area contributed by atoms with Crippen LogP contribution in [0.4, 0.5) is 0 Å². The second-order valence-electron chi connectivity index (χ2n) is 2.96. The van der Waals surface area contributed by atoms with Crippen LogP contribution in [-0.2, 0) is 0 Å². The molecule has 2 heteroatoms. The molecule has 3 aliphatic rings. The Morgan fingerprint density at radius 3 is 2.25 bits per heavy atom. The summed E-state index contributed by atoms with van der Waals surface area (Å²) in [7, 11) is 0. The maximum absolute atomic E-state index is 8.52. The Hall–Kier alpha value is -0.550. The van der Waals surface area contributed by atoms with E-state index in [0.29, 0.717) is 5.92 Å². The lowest BCUT2D eigenvalue weighted by molar-refractivity contribution is -0.0852. The van der Waals surface area contributed by atoms with Crippen LogP contribution in [0.15, 0.2) is 0 Å². The molecule has 42 valence electrons. The Labute approximate surface area is 48.3 Å². The van der Waals surface area contributed by atoms with Crippen molar-refractivity contribution >= 4 is 0 Å². The number of hydrogen-bond donors (Lipinski definition) is 1. The first-order valence-electron chi connectivity index (χ1n) is 2.95. The summed E-state index contributed by atoms with van der Waals surface area (Å²) in [6.45, 7) is 0. The highest BCUT2D eigenvalue weighted by molar-refractivity contribution is 5.26. The second-order valence-corrected chi connectivity index (χ2v) is 2.96. The van der Waals surface area contributed by atoms with E-state index in [0.717, 1.165) is 12.8 Å². The van der Waals surface area contributed by atoms with E-state index in [1.807, 2.05) is 0 Å². The number of hydrogen-bond acceptors (Lipinski definition) is 2. The minimum atomic E-state index is -0.0509. The Morgan fingerprint density at radius 2 is 2.25 bits per heavy atom. The lowest BCUT2D eigenvalue weighted by Crippen LogP contribution is -2.68. The summed E-state index contributed by atoms with van der Waals surface area (Å²) in [5, 5.41) is 8.52. The summed E-state index contributed by atoms with van der Waals surface area (Å²) in [6.07, 6.45) is 2.15. The van der Waals surface area contributed by atoms with Gasteiger partial charge in [-0.25, -0.2) is 0 Å². The molecule has 0 radical (unpaired) electrons. The number of nitrogens with two attached hydrogens (primary N) is 1. The van der Waals surface area contributed by atoms with E-state index >= 15 is 0 Å².